The van der Waals surface area contributed by atoms with Crippen molar-refractivity contribution in [2.24, 2.45) is 0 Å². The van der Waals surface area contributed by atoms with Gasteiger partial charge in [-0.2, -0.15) is 0 Å². The third kappa shape index (κ3) is 2.75. The number of sulfonamides is 1. The summed E-state index contributed by atoms with van der Waals surface area (Å²) in [5.41, 5.74) is 1.07. The third-order valence-electron chi connectivity index (χ3n) is 3.33. The molecule has 2 aromatic rings. The number of carboxylic acids is 1. The summed E-state index contributed by atoms with van der Waals surface area (Å²) in [5, 5.41) is 8.94. The van der Waals surface area contributed by atoms with Gasteiger partial charge in [-0.05, 0) is 42.0 Å². The second-order valence-electron chi connectivity index (χ2n) is 4.86. The third-order valence-corrected chi connectivity index (χ3v) is 4.71. The molecular weight excluding hydrogens is 306 g/mol. The van der Waals surface area contributed by atoms with E-state index in [9.17, 15) is 13.2 Å². The van der Waals surface area contributed by atoms with Crippen molar-refractivity contribution >= 4 is 21.7 Å². The number of carboxylic acid groups (broad SMARTS) is 1. The first-order valence-electron chi connectivity index (χ1n) is 6.58. The predicted octanol–water partition coefficient (Wildman–Crippen LogP) is 2.12. The van der Waals surface area contributed by atoms with Crippen LogP contribution in [0, 0.1) is 0 Å². The molecule has 0 atom stereocenters. The van der Waals surface area contributed by atoms with Gasteiger partial charge in [0.25, 0.3) is 10.0 Å². The summed E-state index contributed by atoms with van der Waals surface area (Å²) in [6.45, 7) is 0.549. The van der Waals surface area contributed by atoms with Crippen LogP contribution >= 0.6 is 0 Å². The monoisotopic (exact) mass is 319 g/mol. The number of hydrogen-bond donors (Lipinski definition) is 2. The molecule has 114 valence electrons. The summed E-state index contributed by atoms with van der Waals surface area (Å²) in [7, 11) is -3.78. The highest BCUT2D eigenvalue weighted by atomic mass is 32.2. The van der Waals surface area contributed by atoms with Crippen LogP contribution in [0.4, 0.5) is 5.69 Å². The van der Waals surface area contributed by atoms with E-state index in [2.05, 4.69) is 4.72 Å². The Bertz CT molecular complexity index is 845. The minimum atomic E-state index is -3.78. The van der Waals surface area contributed by atoms with Gasteiger partial charge in [-0.1, -0.05) is 6.07 Å². The Balaban J connectivity index is 1.90. The first kappa shape index (κ1) is 14.4. The van der Waals surface area contributed by atoms with Crippen molar-refractivity contribution in [2.45, 2.75) is 11.3 Å². The molecule has 0 amide bonds. The van der Waals surface area contributed by atoms with E-state index >= 15 is 0 Å². The van der Waals surface area contributed by atoms with Gasteiger partial charge >= 0.3 is 5.97 Å². The Hall–Kier alpha value is -2.54. The molecule has 3 rings (SSSR count). The van der Waals surface area contributed by atoms with Crippen LogP contribution in [0.1, 0.15) is 15.9 Å². The molecule has 1 aliphatic heterocycles. The zero-order valence-electron chi connectivity index (χ0n) is 11.4. The number of nitrogens with one attached hydrogen (secondary N) is 1. The lowest BCUT2D eigenvalue weighted by Gasteiger charge is -2.09. The number of ether oxygens (including phenoxy) is 1. The molecule has 0 spiro atoms. The van der Waals surface area contributed by atoms with E-state index in [1.165, 1.54) is 30.3 Å². The summed E-state index contributed by atoms with van der Waals surface area (Å²) in [6, 6.07) is 10.3. The van der Waals surface area contributed by atoms with Gasteiger partial charge in [-0.15, -0.1) is 0 Å². The number of carbonyl (C=O) groups is 1. The summed E-state index contributed by atoms with van der Waals surface area (Å²) in [5.74, 6) is -0.414. The smallest absolute Gasteiger partial charge is 0.335 e. The molecule has 0 aromatic heterocycles. The van der Waals surface area contributed by atoms with E-state index in [4.69, 9.17) is 9.84 Å². The van der Waals surface area contributed by atoms with E-state index in [-0.39, 0.29) is 16.1 Å². The quantitative estimate of drug-likeness (QED) is 0.900. The molecular formula is C15H13NO5S. The zero-order chi connectivity index (χ0) is 15.7. The molecule has 1 aliphatic rings. The average Bonchev–Trinajstić information content (AvgIpc) is 2.94. The molecule has 0 fully saturated rings. The number of anilines is 1. The standard InChI is InChI=1S/C15H13NO5S/c17-15(18)11-2-1-3-12(8-11)16-22(19,20)13-4-5-14-10(9-13)6-7-21-14/h1-5,8-9,16H,6-7H2,(H,17,18). The van der Waals surface area contributed by atoms with Gasteiger partial charge in [0, 0.05) is 12.1 Å². The van der Waals surface area contributed by atoms with E-state index in [0.717, 1.165) is 5.56 Å². The lowest BCUT2D eigenvalue weighted by atomic mass is 10.2. The fraction of sp³-hybridized carbons (Fsp3) is 0.133. The van der Waals surface area contributed by atoms with E-state index in [0.29, 0.717) is 18.8 Å². The summed E-state index contributed by atoms with van der Waals surface area (Å²) in [6.07, 6.45) is 0.674. The highest BCUT2D eigenvalue weighted by Crippen LogP contribution is 2.28. The summed E-state index contributed by atoms with van der Waals surface area (Å²) >= 11 is 0. The maximum atomic E-state index is 12.4. The molecule has 0 saturated carbocycles. The average molecular weight is 319 g/mol. The van der Waals surface area contributed by atoms with Crippen molar-refractivity contribution in [3.63, 3.8) is 0 Å². The van der Waals surface area contributed by atoms with Crippen LogP contribution in [0.25, 0.3) is 0 Å². The predicted molar refractivity (Wildman–Crippen MR) is 79.9 cm³/mol. The first-order valence-corrected chi connectivity index (χ1v) is 8.06. The van der Waals surface area contributed by atoms with Crippen LogP contribution in [0.2, 0.25) is 0 Å². The van der Waals surface area contributed by atoms with Crippen LogP contribution in [0.5, 0.6) is 5.75 Å². The normalized spacial score (nSPS) is 13.3. The van der Waals surface area contributed by atoms with Gasteiger partial charge in [0.2, 0.25) is 0 Å². The maximum absolute atomic E-state index is 12.4. The molecule has 0 aliphatic carbocycles. The minimum Gasteiger partial charge on any atom is -0.493 e. The SMILES string of the molecule is O=C(O)c1cccc(NS(=O)(=O)c2ccc3c(c2)CCO3)c1. The van der Waals surface area contributed by atoms with Gasteiger partial charge < -0.3 is 9.84 Å². The van der Waals surface area contributed by atoms with Crippen LogP contribution in [0.3, 0.4) is 0 Å². The van der Waals surface area contributed by atoms with Gasteiger partial charge in [-0.25, -0.2) is 13.2 Å². The second kappa shape index (κ2) is 5.34. The van der Waals surface area contributed by atoms with Gasteiger partial charge in [0.1, 0.15) is 5.75 Å². The Morgan fingerprint density at radius 1 is 1.18 bits per heavy atom. The molecule has 0 bridgehead atoms. The summed E-state index contributed by atoms with van der Waals surface area (Å²) < 4.78 is 32.5. The van der Waals surface area contributed by atoms with Gasteiger partial charge in [0.15, 0.2) is 0 Å². The molecule has 0 unspecified atom stereocenters. The lowest BCUT2D eigenvalue weighted by molar-refractivity contribution is 0.0697. The molecule has 0 saturated heterocycles. The second-order valence-corrected chi connectivity index (χ2v) is 6.54. The van der Waals surface area contributed by atoms with Crippen LogP contribution in [-0.4, -0.2) is 26.1 Å². The maximum Gasteiger partial charge on any atom is 0.335 e. The van der Waals surface area contributed by atoms with E-state index in [1.54, 1.807) is 12.1 Å². The van der Waals surface area contributed by atoms with Crippen LogP contribution < -0.4 is 9.46 Å². The zero-order valence-corrected chi connectivity index (χ0v) is 12.3. The molecule has 22 heavy (non-hydrogen) atoms. The number of rotatable bonds is 4. The van der Waals surface area contributed by atoms with Gasteiger partial charge in [0.05, 0.1) is 17.1 Å². The largest absolute Gasteiger partial charge is 0.493 e. The molecule has 2 aromatic carbocycles. The molecule has 6 nitrogen and oxygen atoms in total. The van der Waals surface area contributed by atoms with Crippen LogP contribution in [-0.2, 0) is 16.4 Å². The minimum absolute atomic E-state index is 0.0163. The molecule has 7 heteroatoms. The molecule has 2 N–H and O–H groups in total. The van der Waals surface area contributed by atoms with E-state index < -0.39 is 16.0 Å². The highest BCUT2D eigenvalue weighted by molar-refractivity contribution is 7.92. The van der Waals surface area contributed by atoms with Crippen molar-refractivity contribution in [2.75, 3.05) is 11.3 Å². The first-order chi connectivity index (χ1) is 10.5. The van der Waals surface area contributed by atoms with Crippen LogP contribution in [0.15, 0.2) is 47.4 Å². The fourth-order valence-corrected chi connectivity index (χ4v) is 3.36. The Kier molecular flexibility index (Phi) is 3.50. The Morgan fingerprint density at radius 3 is 2.77 bits per heavy atom. The number of fused-ring (bicyclic) bond motifs is 1. The highest BCUT2D eigenvalue weighted by Gasteiger charge is 2.19. The lowest BCUT2D eigenvalue weighted by Crippen LogP contribution is -2.13. The van der Waals surface area contributed by atoms with Crippen molar-refractivity contribution < 1.29 is 23.1 Å². The Morgan fingerprint density at radius 2 is 2.00 bits per heavy atom. The van der Waals surface area contributed by atoms with E-state index in [1.807, 2.05) is 0 Å². The molecule has 0 radical (unpaired) electrons. The van der Waals surface area contributed by atoms with Crippen molar-refractivity contribution in [1.29, 1.82) is 0 Å². The fourth-order valence-electron chi connectivity index (χ4n) is 2.26. The topological polar surface area (TPSA) is 92.7 Å². The van der Waals surface area contributed by atoms with Gasteiger partial charge in [-0.3, -0.25) is 4.72 Å². The number of aromatic carboxylic acids is 1. The number of hydrogen-bond acceptors (Lipinski definition) is 4. The summed E-state index contributed by atoms with van der Waals surface area (Å²) in [4.78, 5) is 11.0. The molecule has 1 heterocycles. The number of benzene rings is 2. The van der Waals surface area contributed by atoms with Crippen molar-refractivity contribution in [3.05, 3.63) is 53.6 Å². The Labute approximate surface area is 127 Å². The van der Waals surface area contributed by atoms with Crippen molar-refractivity contribution in [1.82, 2.24) is 0 Å². The van der Waals surface area contributed by atoms with Crippen molar-refractivity contribution in [3.8, 4) is 5.75 Å².